The Morgan fingerprint density at radius 3 is 2.12 bits per heavy atom. The molecule has 0 aliphatic carbocycles. The Bertz CT molecular complexity index is 452. The maximum absolute atomic E-state index is 10.3. The van der Waals surface area contributed by atoms with Gasteiger partial charge in [-0.15, -0.1) is 0 Å². The molecule has 0 saturated heterocycles. The molecule has 0 aliphatic rings. The van der Waals surface area contributed by atoms with Gasteiger partial charge in [0.15, 0.2) is 0 Å². The van der Waals surface area contributed by atoms with Crippen molar-refractivity contribution in [2.24, 2.45) is 0 Å². The summed E-state index contributed by atoms with van der Waals surface area (Å²) in [7, 11) is -3.94. The lowest BCUT2D eigenvalue weighted by Crippen LogP contribution is -2.02. The number of rotatable bonds is 2. The highest BCUT2D eigenvalue weighted by Crippen LogP contribution is 2.61. The molecular formula is C6H7Cl3NO4PS. The van der Waals surface area contributed by atoms with E-state index in [0.29, 0.717) is 5.69 Å². The van der Waals surface area contributed by atoms with Gasteiger partial charge < -0.3 is 0 Å². The van der Waals surface area contributed by atoms with Gasteiger partial charge in [-0.25, -0.2) is 0 Å². The van der Waals surface area contributed by atoms with Crippen molar-refractivity contribution in [2.45, 2.75) is 5.75 Å². The zero-order chi connectivity index (χ0) is 12.8. The van der Waals surface area contributed by atoms with Gasteiger partial charge >= 0.3 is 5.20 Å². The quantitative estimate of drug-likeness (QED) is 0.666. The van der Waals surface area contributed by atoms with Crippen molar-refractivity contribution in [2.75, 3.05) is 0 Å². The van der Waals surface area contributed by atoms with Gasteiger partial charge in [0.05, 0.1) is 5.69 Å². The van der Waals surface area contributed by atoms with Crippen LogP contribution >= 0.6 is 38.9 Å². The Morgan fingerprint density at radius 2 is 1.81 bits per heavy atom. The minimum atomic E-state index is -3.94. The third kappa shape index (κ3) is 14.2. The molecule has 0 amide bonds. The van der Waals surface area contributed by atoms with E-state index in [2.05, 4.69) is 38.7 Å². The van der Waals surface area contributed by atoms with E-state index in [4.69, 9.17) is 4.55 Å². The van der Waals surface area contributed by atoms with Crippen molar-refractivity contribution in [1.82, 2.24) is 4.98 Å². The van der Waals surface area contributed by atoms with Gasteiger partial charge in [0.1, 0.15) is 5.75 Å². The Labute approximate surface area is 107 Å². The van der Waals surface area contributed by atoms with Crippen molar-refractivity contribution in [3.8, 4) is 0 Å². The Hall–Kier alpha value is 0.160. The van der Waals surface area contributed by atoms with Crippen LogP contribution in [0.2, 0.25) is 0 Å². The summed E-state index contributed by atoms with van der Waals surface area (Å²) in [6.07, 6.45) is 1.47. The van der Waals surface area contributed by atoms with E-state index >= 15 is 0 Å². The van der Waals surface area contributed by atoms with E-state index < -0.39 is 21.1 Å². The molecule has 0 aliphatic heterocycles. The minimum Gasteiger partial charge on any atom is -0.285 e. The molecule has 0 aromatic carbocycles. The minimum absolute atomic E-state index is 0.343. The van der Waals surface area contributed by atoms with Gasteiger partial charge in [-0.05, 0) is 45.9 Å². The summed E-state index contributed by atoms with van der Waals surface area (Å²) in [6, 6.07) is 4.87. The molecule has 16 heavy (non-hydrogen) atoms. The predicted molar refractivity (Wildman–Crippen MR) is 64.7 cm³/mol. The Kier molecular flexibility index (Phi) is 6.86. The van der Waals surface area contributed by atoms with E-state index in [0.717, 1.165) is 0 Å². The van der Waals surface area contributed by atoms with Crippen LogP contribution in [0.25, 0.3) is 0 Å². The van der Waals surface area contributed by atoms with Crippen LogP contribution in [0.15, 0.2) is 24.4 Å². The van der Waals surface area contributed by atoms with Gasteiger partial charge in [-0.3, -0.25) is 14.1 Å². The molecule has 1 aromatic rings. The molecule has 0 bridgehead atoms. The Morgan fingerprint density at radius 1 is 1.31 bits per heavy atom. The molecule has 10 heteroatoms. The second-order valence-corrected chi connectivity index (χ2v) is 10.5. The SMILES string of the molecule is O=P(Cl)(Cl)Cl.O=S(=O)(O)Cc1ccccn1. The molecule has 0 unspecified atom stereocenters. The largest absolute Gasteiger partial charge is 0.339 e. The highest BCUT2D eigenvalue weighted by atomic mass is 36.0. The molecule has 0 spiro atoms. The number of halogens is 3. The number of hydrogen-bond acceptors (Lipinski definition) is 4. The summed E-state index contributed by atoms with van der Waals surface area (Å²) >= 11 is 13.8. The fraction of sp³-hybridized carbons (Fsp3) is 0.167. The fourth-order valence-electron chi connectivity index (χ4n) is 0.670. The Balaban J connectivity index is 0.000000385. The lowest BCUT2D eigenvalue weighted by atomic mass is 10.4. The average molecular weight is 327 g/mol. The smallest absolute Gasteiger partial charge is 0.285 e. The van der Waals surface area contributed by atoms with Gasteiger partial charge in [-0.1, -0.05) is 6.07 Å². The average Bonchev–Trinajstić information content (AvgIpc) is 1.99. The van der Waals surface area contributed by atoms with Crippen LogP contribution in [0.5, 0.6) is 0 Å². The van der Waals surface area contributed by atoms with Gasteiger partial charge in [0.25, 0.3) is 10.1 Å². The van der Waals surface area contributed by atoms with E-state index in [1.165, 1.54) is 12.3 Å². The van der Waals surface area contributed by atoms with Crippen molar-refractivity contribution < 1.29 is 17.5 Å². The van der Waals surface area contributed by atoms with Crippen molar-refractivity contribution in [3.63, 3.8) is 0 Å². The summed E-state index contributed by atoms with van der Waals surface area (Å²) < 4.78 is 38.5. The zero-order valence-corrected chi connectivity index (χ0v) is 11.6. The standard InChI is InChI=1S/C6H7NO3S.Cl3OP/c8-11(9,10)5-6-3-1-2-4-7-6;1-5(2,3)4/h1-4H,5H2,(H,8,9,10);. The zero-order valence-electron chi connectivity index (χ0n) is 7.63. The summed E-state index contributed by atoms with van der Waals surface area (Å²) in [5.74, 6) is -0.423. The molecule has 1 aromatic heterocycles. The number of hydrogen-bond donors (Lipinski definition) is 1. The third-order valence-electron chi connectivity index (χ3n) is 1.06. The topological polar surface area (TPSA) is 84.3 Å². The summed E-state index contributed by atoms with van der Waals surface area (Å²) in [4.78, 5) is 3.72. The normalized spacial score (nSPS) is 11.5. The van der Waals surface area contributed by atoms with Gasteiger partial charge in [0, 0.05) is 6.20 Å². The van der Waals surface area contributed by atoms with Gasteiger partial charge in [0.2, 0.25) is 0 Å². The highest BCUT2D eigenvalue weighted by Gasteiger charge is 2.05. The lowest BCUT2D eigenvalue weighted by molar-refractivity contribution is 0.481. The maximum atomic E-state index is 10.3. The highest BCUT2D eigenvalue weighted by molar-refractivity contribution is 8.24. The van der Waals surface area contributed by atoms with E-state index in [-0.39, 0.29) is 0 Å². The second-order valence-electron chi connectivity index (χ2n) is 2.45. The molecule has 5 nitrogen and oxygen atoms in total. The monoisotopic (exact) mass is 325 g/mol. The van der Waals surface area contributed by atoms with Crippen LogP contribution in [0.1, 0.15) is 5.69 Å². The molecule has 0 fully saturated rings. The van der Waals surface area contributed by atoms with E-state index in [1.54, 1.807) is 12.1 Å². The van der Waals surface area contributed by atoms with Crippen LogP contribution in [-0.2, 0) is 20.4 Å². The van der Waals surface area contributed by atoms with Crippen LogP contribution in [0, 0.1) is 0 Å². The van der Waals surface area contributed by atoms with Crippen molar-refractivity contribution in [1.29, 1.82) is 0 Å². The first-order valence-corrected chi connectivity index (χ1v) is 9.65. The first kappa shape index (κ1) is 16.2. The van der Waals surface area contributed by atoms with Crippen LogP contribution in [0.4, 0.5) is 0 Å². The predicted octanol–water partition coefficient (Wildman–Crippen LogP) is 3.28. The number of pyridine rings is 1. The first-order valence-electron chi connectivity index (χ1n) is 3.62. The maximum Gasteiger partial charge on any atom is 0.339 e. The van der Waals surface area contributed by atoms with Crippen LogP contribution in [-0.4, -0.2) is 18.0 Å². The van der Waals surface area contributed by atoms with Crippen LogP contribution < -0.4 is 0 Å². The molecular weight excluding hydrogens is 319 g/mol. The molecule has 1 rings (SSSR count). The van der Waals surface area contributed by atoms with E-state index in [9.17, 15) is 13.0 Å². The number of aromatic nitrogens is 1. The van der Waals surface area contributed by atoms with Gasteiger partial charge in [-0.2, -0.15) is 8.42 Å². The molecule has 1 heterocycles. The summed E-state index contributed by atoms with van der Waals surface area (Å²) in [6.45, 7) is 0. The molecule has 0 saturated carbocycles. The third-order valence-corrected chi connectivity index (χ3v) is 1.72. The van der Waals surface area contributed by atoms with Crippen molar-refractivity contribution >= 4 is 49.0 Å². The summed E-state index contributed by atoms with van der Waals surface area (Å²) in [5, 5.41) is -3.22. The lowest BCUT2D eigenvalue weighted by Gasteiger charge is -1.94. The second kappa shape index (κ2) is 6.79. The first-order chi connectivity index (χ1) is 7.08. The van der Waals surface area contributed by atoms with E-state index in [1.807, 2.05) is 0 Å². The fourth-order valence-corrected chi connectivity index (χ4v) is 1.21. The molecule has 92 valence electrons. The number of nitrogens with zero attached hydrogens (tertiary/aromatic N) is 1. The molecule has 1 N–H and O–H groups in total. The van der Waals surface area contributed by atoms with Crippen LogP contribution in [0.3, 0.4) is 0 Å². The summed E-state index contributed by atoms with van der Waals surface area (Å²) in [5.41, 5.74) is 0.343. The van der Waals surface area contributed by atoms with Crippen molar-refractivity contribution in [3.05, 3.63) is 30.1 Å². The molecule has 0 radical (unpaired) electrons. The molecule has 0 atom stereocenters.